The van der Waals surface area contributed by atoms with E-state index in [9.17, 15) is 19.5 Å². The van der Waals surface area contributed by atoms with Crippen molar-refractivity contribution in [2.45, 2.75) is 18.5 Å². The standard InChI is InChI=1S/C22H22N2O5/c1-3-29-21(28)22(14-7-5-4-6-8-14)17-16(19(26)24(2)20(17)27)18(23-22)13-9-11-15(25)12-10-13/h4-12,16-18,23,25H,3H2,1-2H3/t16-,17-,18+,22+/m0/s1. The Hall–Kier alpha value is -3.19. The van der Waals surface area contributed by atoms with E-state index in [-0.39, 0.29) is 18.3 Å². The van der Waals surface area contributed by atoms with Crippen molar-refractivity contribution in [2.24, 2.45) is 11.8 Å². The third kappa shape index (κ3) is 2.73. The lowest BCUT2D eigenvalue weighted by molar-refractivity contribution is -0.156. The number of likely N-dealkylation sites (tertiary alicyclic amines) is 1. The van der Waals surface area contributed by atoms with Crippen LogP contribution in [-0.2, 0) is 24.7 Å². The molecule has 0 spiro atoms. The lowest BCUT2D eigenvalue weighted by Crippen LogP contribution is -2.53. The number of hydrogen-bond donors (Lipinski definition) is 2. The maximum absolute atomic E-state index is 13.3. The molecule has 4 atom stereocenters. The minimum absolute atomic E-state index is 0.0916. The van der Waals surface area contributed by atoms with Crippen molar-refractivity contribution in [3.63, 3.8) is 0 Å². The fraction of sp³-hybridized carbons (Fsp3) is 0.318. The summed E-state index contributed by atoms with van der Waals surface area (Å²) in [5.74, 6) is -2.94. The van der Waals surface area contributed by atoms with Gasteiger partial charge in [-0.3, -0.25) is 19.8 Å². The SMILES string of the molecule is CCOC(=O)[C@]1(c2ccccc2)N[C@H](c2ccc(O)cc2)[C@H]2C(=O)N(C)C(=O)[C@H]21. The van der Waals surface area contributed by atoms with Gasteiger partial charge in [-0.1, -0.05) is 42.5 Å². The second kappa shape index (κ2) is 7.00. The number of rotatable bonds is 4. The molecule has 2 heterocycles. The molecule has 7 heteroatoms. The van der Waals surface area contributed by atoms with Gasteiger partial charge in [-0.15, -0.1) is 0 Å². The van der Waals surface area contributed by atoms with Gasteiger partial charge in [0.1, 0.15) is 5.75 Å². The van der Waals surface area contributed by atoms with E-state index in [1.54, 1.807) is 43.3 Å². The zero-order valence-electron chi connectivity index (χ0n) is 16.2. The number of nitrogens with zero attached hydrogens (tertiary/aromatic N) is 1. The van der Waals surface area contributed by atoms with E-state index in [0.29, 0.717) is 11.1 Å². The van der Waals surface area contributed by atoms with Crippen LogP contribution in [0, 0.1) is 11.8 Å². The van der Waals surface area contributed by atoms with Gasteiger partial charge in [-0.25, -0.2) is 4.79 Å². The first-order chi connectivity index (χ1) is 13.9. The van der Waals surface area contributed by atoms with Gasteiger partial charge in [0.25, 0.3) is 0 Å². The van der Waals surface area contributed by atoms with E-state index in [1.165, 1.54) is 19.2 Å². The number of carbonyl (C=O) groups excluding carboxylic acids is 3. The first-order valence-electron chi connectivity index (χ1n) is 9.52. The van der Waals surface area contributed by atoms with Crippen molar-refractivity contribution in [3.8, 4) is 5.75 Å². The predicted molar refractivity (Wildman–Crippen MR) is 103 cm³/mol. The minimum atomic E-state index is -1.48. The lowest BCUT2D eigenvalue weighted by Gasteiger charge is -2.33. The normalized spacial score (nSPS) is 28.5. The Morgan fingerprint density at radius 1 is 1.10 bits per heavy atom. The van der Waals surface area contributed by atoms with Crippen LogP contribution in [-0.4, -0.2) is 41.4 Å². The predicted octanol–water partition coefficient (Wildman–Crippen LogP) is 1.73. The fourth-order valence-electron chi connectivity index (χ4n) is 4.54. The van der Waals surface area contributed by atoms with Crippen LogP contribution in [0.1, 0.15) is 24.1 Å². The zero-order valence-corrected chi connectivity index (χ0v) is 16.2. The molecule has 2 aliphatic rings. The molecule has 4 rings (SSSR count). The Morgan fingerprint density at radius 2 is 1.76 bits per heavy atom. The molecule has 29 heavy (non-hydrogen) atoms. The molecule has 2 fully saturated rings. The summed E-state index contributed by atoms with van der Waals surface area (Å²) >= 11 is 0. The number of imide groups is 1. The number of phenolic OH excluding ortho intramolecular Hbond substituents is 1. The van der Waals surface area contributed by atoms with Gasteiger partial charge >= 0.3 is 5.97 Å². The van der Waals surface area contributed by atoms with Gasteiger partial charge in [-0.2, -0.15) is 0 Å². The van der Waals surface area contributed by atoms with E-state index >= 15 is 0 Å². The molecule has 0 aliphatic carbocycles. The van der Waals surface area contributed by atoms with Crippen molar-refractivity contribution < 1.29 is 24.2 Å². The maximum Gasteiger partial charge on any atom is 0.331 e. The minimum Gasteiger partial charge on any atom is -0.508 e. The molecule has 2 aromatic carbocycles. The summed E-state index contributed by atoms with van der Waals surface area (Å²) in [5.41, 5.74) is -0.204. The molecule has 150 valence electrons. The molecule has 2 saturated heterocycles. The summed E-state index contributed by atoms with van der Waals surface area (Å²) in [6, 6.07) is 14.7. The Bertz CT molecular complexity index is 959. The van der Waals surface area contributed by atoms with Crippen LogP contribution in [0.15, 0.2) is 54.6 Å². The summed E-state index contributed by atoms with van der Waals surface area (Å²) in [6.45, 7) is 1.85. The van der Waals surface area contributed by atoms with Crippen molar-refractivity contribution in [3.05, 3.63) is 65.7 Å². The van der Waals surface area contributed by atoms with Gasteiger partial charge in [0.15, 0.2) is 5.54 Å². The topological polar surface area (TPSA) is 95.9 Å². The molecular weight excluding hydrogens is 372 g/mol. The molecule has 7 nitrogen and oxygen atoms in total. The van der Waals surface area contributed by atoms with Crippen molar-refractivity contribution in [2.75, 3.05) is 13.7 Å². The van der Waals surface area contributed by atoms with Gasteiger partial charge in [-0.05, 0) is 30.2 Å². The van der Waals surface area contributed by atoms with Gasteiger partial charge in [0.05, 0.1) is 18.4 Å². The summed E-state index contributed by atoms with van der Waals surface area (Å²) in [7, 11) is 1.44. The molecule has 0 saturated carbocycles. The molecule has 2 aromatic rings. The number of amides is 2. The molecule has 0 aromatic heterocycles. The molecule has 2 N–H and O–H groups in total. The van der Waals surface area contributed by atoms with Crippen molar-refractivity contribution in [1.82, 2.24) is 10.2 Å². The third-order valence-electron chi connectivity index (χ3n) is 5.86. The number of fused-ring (bicyclic) bond motifs is 1. The van der Waals surface area contributed by atoms with E-state index in [0.717, 1.165) is 4.90 Å². The summed E-state index contributed by atoms with van der Waals surface area (Å²) in [5, 5.41) is 12.9. The van der Waals surface area contributed by atoms with Crippen molar-refractivity contribution in [1.29, 1.82) is 0 Å². The highest BCUT2D eigenvalue weighted by Gasteiger charge is 2.69. The Kier molecular flexibility index (Phi) is 4.62. The van der Waals surface area contributed by atoms with E-state index in [1.807, 2.05) is 6.07 Å². The molecule has 0 radical (unpaired) electrons. The van der Waals surface area contributed by atoms with Crippen LogP contribution in [0.25, 0.3) is 0 Å². The highest BCUT2D eigenvalue weighted by molar-refractivity contribution is 6.09. The third-order valence-corrected chi connectivity index (χ3v) is 5.86. The highest BCUT2D eigenvalue weighted by atomic mass is 16.5. The first kappa shape index (κ1) is 19.1. The smallest absolute Gasteiger partial charge is 0.331 e. The van der Waals surface area contributed by atoms with E-state index < -0.39 is 35.3 Å². The van der Waals surface area contributed by atoms with Crippen LogP contribution >= 0.6 is 0 Å². The summed E-state index contributed by atoms with van der Waals surface area (Å²) in [4.78, 5) is 40.5. The van der Waals surface area contributed by atoms with Crippen LogP contribution in [0.4, 0.5) is 0 Å². The van der Waals surface area contributed by atoms with E-state index in [4.69, 9.17) is 4.74 Å². The van der Waals surface area contributed by atoms with Gasteiger partial charge in [0.2, 0.25) is 11.8 Å². The summed E-state index contributed by atoms with van der Waals surface area (Å²) in [6.07, 6.45) is 0. The average molecular weight is 394 g/mol. The molecule has 0 unspecified atom stereocenters. The number of aromatic hydroxyl groups is 1. The number of benzene rings is 2. The lowest BCUT2D eigenvalue weighted by atomic mass is 9.75. The highest BCUT2D eigenvalue weighted by Crippen LogP contribution is 2.53. The number of carbonyl (C=O) groups is 3. The van der Waals surface area contributed by atoms with Crippen LogP contribution in [0.5, 0.6) is 5.75 Å². The molecule has 2 aliphatic heterocycles. The number of esters is 1. The van der Waals surface area contributed by atoms with Crippen molar-refractivity contribution >= 4 is 17.8 Å². The van der Waals surface area contributed by atoms with Crippen LogP contribution in [0.2, 0.25) is 0 Å². The van der Waals surface area contributed by atoms with Gasteiger partial charge in [0, 0.05) is 13.1 Å². The van der Waals surface area contributed by atoms with Gasteiger partial charge < -0.3 is 9.84 Å². The maximum atomic E-state index is 13.3. The monoisotopic (exact) mass is 394 g/mol. The number of phenols is 1. The number of hydrogen-bond acceptors (Lipinski definition) is 6. The number of ether oxygens (including phenoxy) is 1. The Labute approximate surface area is 168 Å². The van der Waals surface area contributed by atoms with Crippen LogP contribution < -0.4 is 5.32 Å². The molecule has 2 amide bonds. The Balaban J connectivity index is 1.93. The second-order valence-electron chi connectivity index (χ2n) is 7.35. The summed E-state index contributed by atoms with van der Waals surface area (Å²) < 4.78 is 5.39. The van der Waals surface area contributed by atoms with E-state index in [2.05, 4.69) is 5.32 Å². The first-order valence-corrected chi connectivity index (χ1v) is 9.52. The number of nitrogens with one attached hydrogen (secondary N) is 1. The van der Waals surface area contributed by atoms with Crippen LogP contribution in [0.3, 0.4) is 0 Å². The fourth-order valence-corrected chi connectivity index (χ4v) is 4.54. The molecule has 0 bridgehead atoms. The molecular formula is C22H22N2O5. The largest absolute Gasteiger partial charge is 0.508 e. The average Bonchev–Trinajstić information content (AvgIpc) is 3.20. The zero-order chi connectivity index (χ0) is 20.8. The quantitative estimate of drug-likeness (QED) is 0.606. The second-order valence-corrected chi connectivity index (χ2v) is 7.35. The Morgan fingerprint density at radius 3 is 2.38 bits per heavy atom.